The lowest BCUT2D eigenvalue weighted by Crippen LogP contribution is -2.22. The van der Waals surface area contributed by atoms with Gasteiger partial charge in [0.2, 0.25) is 0 Å². The molecule has 106 valence electrons. The number of aromatic nitrogens is 2. The van der Waals surface area contributed by atoms with Crippen LogP contribution in [0.3, 0.4) is 0 Å². The summed E-state index contributed by atoms with van der Waals surface area (Å²) in [6.07, 6.45) is 0. The first kappa shape index (κ1) is 14.3. The average Bonchev–Trinajstić information content (AvgIpc) is 2.97. The van der Waals surface area contributed by atoms with Crippen LogP contribution in [0.4, 0.5) is 0 Å². The van der Waals surface area contributed by atoms with Crippen molar-refractivity contribution in [3.05, 3.63) is 41.6 Å². The summed E-state index contributed by atoms with van der Waals surface area (Å²) in [5.41, 5.74) is 2.68. The van der Waals surface area contributed by atoms with Crippen molar-refractivity contribution in [3.8, 4) is 11.3 Å². The largest absolute Gasteiger partial charge is 0.465 e. The number of nitrogens with one attached hydrogen (secondary N) is 1. The summed E-state index contributed by atoms with van der Waals surface area (Å²) in [5.74, 6) is -0.360. The standard InChI is InChI=1S/C15H18N2O3/c1-15(2,9-18)13-8-12(16-17-13)10-4-6-11(7-5-10)14(19)20-3/h4-8,18H,9H2,1-3H3,(H,16,17). The third kappa shape index (κ3) is 2.72. The lowest BCUT2D eigenvalue weighted by Gasteiger charge is -2.18. The highest BCUT2D eigenvalue weighted by molar-refractivity contribution is 5.89. The molecule has 0 aliphatic rings. The van der Waals surface area contributed by atoms with Gasteiger partial charge in [-0.1, -0.05) is 26.0 Å². The fraction of sp³-hybridized carbons (Fsp3) is 0.333. The Morgan fingerprint density at radius 3 is 2.55 bits per heavy atom. The van der Waals surface area contributed by atoms with E-state index in [1.165, 1.54) is 7.11 Å². The maximum absolute atomic E-state index is 11.4. The molecular formula is C15H18N2O3. The molecule has 20 heavy (non-hydrogen) atoms. The van der Waals surface area contributed by atoms with Crippen LogP contribution in [0.2, 0.25) is 0 Å². The monoisotopic (exact) mass is 274 g/mol. The summed E-state index contributed by atoms with van der Waals surface area (Å²) >= 11 is 0. The van der Waals surface area contributed by atoms with Crippen molar-refractivity contribution >= 4 is 5.97 Å². The highest BCUT2D eigenvalue weighted by atomic mass is 16.5. The zero-order chi connectivity index (χ0) is 14.8. The van der Waals surface area contributed by atoms with Crippen molar-refractivity contribution in [2.75, 3.05) is 13.7 Å². The van der Waals surface area contributed by atoms with Gasteiger partial charge in [0, 0.05) is 16.7 Å². The van der Waals surface area contributed by atoms with Gasteiger partial charge < -0.3 is 9.84 Å². The summed E-state index contributed by atoms with van der Waals surface area (Å²) in [4.78, 5) is 11.4. The summed E-state index contributed by atoms with van der Waals surface area (Å²) < 4.78 is 4.66. The molecule has 5 heteroatoms. The van der Waals surface area contributed by atoms with E-state index in [9.17, 15) is 9.90 Å². The highest BCUT2D eigenvalue weighted by Crippen LogP contribution is 2.25. The van der Waals surface area contributed by atoms with Crippen LogP contribution in [0.5, 0.6) is 0 Å². The van der Waals surface area contributed by atoms with Gasteiger partial charge in [-0.3, -0.25) is 5.10 Å². The molecule has 0 saturated heterocycles. The number of nitrogens with zero attached hydrogens (tertiary/aromatic N) is 1. The van der Waals surface area contributed by atoms with E-state index in [1.807, 2.05) is 32.0 Å². The van der Waals surface area contributed by atoms with Crippen molar-refractivity contribution in [3.63, 3.8) is 0 Å². The van der Waals surface area contributed by atoms with Crippen molar-refractivity contribution in [1.29, 1.82) is 0 Å². The van der Waals surface area contributed by atoms with Gasteiger partial charge in [-0.05, 0) is 18.2 Å². The fourth-order valence-electron chi connectivity index (χ4n) is 1.80. The number of hydrogen-bond acceptors (Lipinski definition) is 4. The van der Waals surface area contributed by atoms with Gasteiger partial charge in [-0.2, -0.15) is 5.10 Å². The van der Waals surface area contributed by atoms with E-state index in [1.54, 1.807) is 12.1 Å². The van der Waals surface area contributed by atoms with Crippen LogP contribution in [0.1, 0.15) is 29.9 Å². The van der Waals surface area contributed by atoms with Crippen molar-refractivity contribution < 1.29 is 14.6 Å². The molecule has 0 spiro atoms. The van der Waals surface area contributed by atoms with E-state index in [4.69, 9.17) is 0 Å². The number of methoxy groups -OCH3 is 1. The lowest BCUT2D eigenvalue weighted by atomic mass is 9.90. The number of ether oxygens (including phenoxy) is 1. The SMILES string of the molecule is COC(=O)c1ccc(-c2cc(C(C)(C)CO)[nH]n2)cc1. The minimum Gasteiger partial charge on any atom is -0.465 e. The summed E-state index contributed by atoms with van der Waals surface area (Å²) in [5, 5.41) is 16.5. The number of benzene rings is 1. The number of H-pyrrole nitrogens is 1. The maximum atomic E-state index is 11.4. The van der Waals surface area contributed by atoms with Crippen molar-refractivity contribution in [2.24, 2.45) is 0 Å². The van der Waals surface area contributed by atoms with Crippen LogP contribution in [0.25, 0.3) is 11.3 Å². The molecule has 0 radical (unpaired) electrons. The lowest BCUT2D eigenvalue weighted by molar-refractivity contribution is 0.0601. The predicted octanol–water partition coefficient (Wildman–Crippen LogP) is 2.13. The predicted molar refractivity (Wildman–Crippen MR) is 75.5 cm³/mol. The zero-order valence-electron chi connectivity index (χ0n) is 11.8. The third-order valence-corrected chi connectivity index (χ3v) is 3.30. The van der Waals surface area contributed by atoms with Gasteiger partial charge >= 0.3 is 5.97 Å². The molecule has 0 aliphatic carbocycles. The number of carbonyl (C=O) groups excluding carboxylic acids is 1. The Morgan fingerprint density at radius 2 is 2.00 bits per heavy atom. The Balaban J connectivity index is 2.27. The summed E-state index contributed by atoms with van der Waals surface area (Å²) in [6, 6.07) is 8.94. The summed E-state index contributed by atoms with van der Waals surface area (Å²) in [7, 11) is 1.35. The van der Waals surface area contributed by atoms with E-state index in [0.717, 1.165) is 17.0 Å². The first-order valence-corrected chi connectivity index (χ1v) is 6.33. The van der Waals surface area contributed by atoms with E-state index in [0.29, 0.717) is 5.56 Å². The maximum Gasteiger partial charge on any atom is 0.337 e. The molecule has 1 aromatic heterocycles. The van der Waals surface area contributed by atoms with Gasteiger partial charge in [0.25, 0.3) is 0 Å². The number of aliphatic hydroxyl groups excluding tert-OH is 1. The Hall–Kier alpha value is -2.14. The van der Waals surface area contributed by atoms with Gasteiger partial charge in [-0.15, -0.1) is 0 Å². The van der Waals surface area contributed by atoms with Crippen LogP contribution in [-0.4, -0.2) is 35.0 Å². The van der Waals surface area contributed by atoms with Crippen molar-refractivity contribution in [1.82, 2.24) is 10.2 Å². The molecule has 0 fully saturated rings. The first-order chi connectivity index (χ1) is 9.47. The molecule has 2 N–H and O–H groups in total. The number of esters is 1. The zero-order valence-corrected chi connectivity index (χ0v) is 11.8. The molecule has 0 saturated carbocycles. The Labute approximate surface area is 117 Å². The number of aliphatic hydroxyl groups is 1. The van der Waals surface area contributed by atoms with E-state index < -0.39 is 0 Å². The van der Waals surface area contributed by atoms with Crippen LogP contribution < -0.4 is 0 Å². The molecule has 1 aromatic carbocycles. The molecule has 0 unspecified atom stereocenters. The Kier molecular flexibility index (Phi) is 3.90. The Bertz CT molecular complexity index is 600. The topological polar surface area (TPSA) is 75.2 Å². The van der Waals surface area contributed by atoms with Gasteiger partial charge in [-0.25, -0.2) is 4.79 Å². The second-order valence-electron chi connectivity index (χ2n) is 5.28. The van der Waals surface area contributed by atoms with E-state index in [2.05, 4.69) is 14.9 Å². The molecule has 1 heterocycles. The molecule has 5 nitrogen and oxygen atoms in total. The first-order valence-electron chi connectivity index (χ1n) is 6.33. The van der Waals surface area contributed by atoms with Gasteiger partial charge in [0.1, 0.15) is 0 Å². The Morgan fingerprint density at radius 1 is 1.35 bits per heavy atom. The molecule has 0 atom stereocenters. The minimum atomic E-state index is -0.364. The molecular weight excluding hydrogens is 256 g/mol. The molecule has 0 aliphatic heterocycles. The van der Waals surface area contributed by atoms with Crippen LogP contribution in [0, 0.1) is 0 Å². The molecule has 2 aromatic rings. The van der Waals surface area contributed by atoms with Crippen LogP contribution >= 0.6 is 0 Å². The number of aromatic amines is 1. The molecule has 0 bridgehead atoms. The van der Waals surface area contributed by atoms with Crippen LogP contribution in [0.15, 0.2) is 30.3 Å². The quantitative estimate of drug-likeness (QED) is 0.837. The smallest absolute Gasteiger partial charge is 0.337 e. The van der Waals surface area contributed by atoms with Crippen LogP contribution in [-0.2, 0) is 10.2 Å². The van der Waals surface area contributed by atoms with Crippen molar-refractivity contribution in [2.45, 2.75) is 19.3 Å². The second kappa shape index (κ2) is 5.46. The number of hydrogen-bond donors (Lipinski definition) is 2. The van der Waals surface area contributed by atoms with Gasteiger partial charge in [0.05, 0.1) is 25.0 Å². The van der Waals surface area contributed by atoms with Gasteiger partial charge in [0.15, 0.2) is 0 Å². The fourth-order valence-corrected chi connectivity index (χ4v) is 1.80. The van der Waals surface area contributed by atoms with E-state index in [-0.39, 0.29) is 18.0 Å². The minimum absolute atomic E-state index is 0.0376. The molecule has 2 rings (SSSR count). The average molecular weight is 274 g/mol. The number of rotatable bonds is 4. The molecule has 0 amide bonds. The van der Waals surface area contributed by atoms with E-state index >= 15 is 0 Å². The normalized spacial score (nSPS) is 11.4. The second-order valence-corrected chi connectivity index (χ2v) is 5.28. The third-order valence-electron chi connectivity index (χ3n) is 3.30. The summed E-state index contributed by atoms with van der Waals surface area (Å²) in [6.45, 7) is 3.91. The number of carbonyl (C=O) groups is 1. The highest BCUT2D eigenvalue weighted by Gasteiger charge is 2.22.